The first-order valence-electron chi connectivity index (χ1n) is 4.37. The highest BCUT2D eigenvalue weighted by molar-refractivity contribution is 6.32. The quantitative estimate of drug-likeness (QED) is 0.215. The number of hydrogen-bond donors (Lipinski definition) is 2. The Hall–Kier alpha value is -1.10. The third kappa shape index (κ3) is 4.47. The van der Waals surface area contributed by atoms with Crippen LogP contribution in [-0.2, 0) is 14.3 Å². The maximum atomic E-state index is 10.9. The maximum Gasteiger partial charge on any atom is 0.398 e. The lowest BCUT2D eigenvalue weighted by Gasteiger charge is -2.13. The van der Waals surface area contributed by atoms with Crippen LogP contribution in [0.2, 0.25) is 0 Å². The number of ether oxygens (including phenoxy) is 1. The zero-order valence-corrected chi connectivity index (χ0v) is 8.00. The molecule has 0 aromatic rings. The molecule has 1 amide bonds. The summed E-state index contributed by atoms with van der Waals surface area (Å²) in [5.74, 6) is 2.94. The minimum atomic E-state index is -0.914. The lowest BCUT2D eigenvalue weighted by atomic mass is 10.2. The molecule has 1 unspecified atom stereocenters. The van der Waals surface area contributed by atoms with Crippen LogP contribution in [0.3, 0.4) is 0 Å². The van der Waals surface area contributed by atoms with Gasteiger partial charge < -0.3 is 4.74 Å². The van der Waals surface area contributed by atoms with Gasteiger partial charge in [-0.15, -0.1) is 0 Å². The van der Waals surface area contributed by atoms with Crippen LogP contribution >= 0.6 is 0 Å². The van der Waals surface area contributed by atoms with E-state index in [9.17, 15) is 9.59 Å². The molecule has 0 aliphatic heterocycles. The van der Waals surface area contributed by atoms with Crippen molar-refractivity contribution >= 4 is 11.9 Å². The van der Waals surface area contributed by atoms with Gasteiger partial charge >= 0.3 is 11.9 Å². The summed E-state index contributed by atoms with van der Waals surface area (Å²) in [6.07, 6.45) is 2.20. The van der Waals surface area contributed by atoms with Crippen molar-refractivity contribution in [2.75, 3.05) is 0 Å². The van der Waals surface area contributed by atoms with Gasteiger partial charge in [0.05, 0.1) is 0 Å². The number of nitrogens with two attached hydrogens (primary N) is 1. The molecular formula is C8H16N2O3. The number of nitrogens with one attached hydrogen (secondary N) is 1. The second-order valence-electron chi connectivity index (χ2n) is 2.70. The molecule has 0 aliphatic carbocycles. The van der Waals surface area contributed by atoms with E-state index < -0.39 is 11.9 Å². The van der Waals surface area contributed by atoms with E-state index in [0.717, 1.165) is 12.8 Å². The average Bonchev–Trinajstić information content (AvgIpc) is 2.15. The number of rotatable bonds is 4. The minimum Gasteiger partial charge on any atom is -0.455 e. The van der Waals surface area contributed by atoms with Gasteiger partial charge in [-0.1, -0.05) is 20.3 Å². The van der Waals surface area contributed by atoms with Crippen LogP contribution in [0.25, 0.3) is 0 Å². The Kier molecular flexibility index (Phi) is 5.88. The number of carbonyl (C=O) groups excluding carboxylic acids is 2. The van der Waals surface area contributed by atoms with Gasteiger partial charge in [-0.2, -0.15) is 0 Å². The Morgan fingerprint density at radius 3 is 2.46 bits per heavy atom. The predicted molar refractivity (Wildman–Crippen MR) is 47.4 cm³/mol. The number of carbonyl (C=O) groups is 2. The van der Waals surface area contributed by atoms with Gasteiger partial charge in [0.1, 0.15) is 6.10 Å². The third-order valence-corrected chi connectivity index (χ3v) is 1.66. The molecule has 0 heterocycles. The van der Waals surface area contributed by atoms with Gasteiger partial charge in [0.15, 0.2) is 0 Å². The average molecular weight is 188 g/mol. The Balaban J connectivity index is 3.93. The van der Waals surface area contributed by atoms with Crippen LogP contribution in [0.5, 0.6) is 0 Å². The molecule has 1 atom stereocenters. The topological polar surface area (TPSA) is 81.4 Å². The highest BCUT2D eigenvalue weighted by Crippen LogP contribution is 2.06. The third-order valence-electron chi connectivity index (χ3n) is 1.66. The first kappa shape index (κ1) is 11.9. The summed E-state index contributed by atoms with van der Waals surface area (Å²) in [6, 6.07) is 0. The summed E-state index contributed by atoms with van der Waals surface area (Å²) in [5, 5.41) is 0. The van der Waals surface area contributed by atoms with E-state index in [4.69, 9.17) is 10.6 Å². The maximum absolute atomic E-state index is 10.9. The molecule has 0 rings (SSSR count). The normalized spacial score (nSPS) is 11.9. The van der Waals surface area contributed by atoms with Gasteiger partial charge in [-0.05, 0) is 12.8 Å². The lowest BCUT2D eigenvalue weighted by Crippen LogP contribution is -2.38. The van der Waals surface area contributed by atoms with Crippen LogP contribution < -0.4 is 11.3 Å². The molecule has 5 nitrogen and oxygen atoms in total. The van der Waals surface area contributed by atoms with Gasteiger partial charge in [-0.3, -0.25) is 10.2 Å². The largest absolute Gasteiger partial charge is 0.455 e. The first-order chi connectivity index (χ1) is 6.15. The van der Waals surface area contributed by atoms with Gasteiger partial charge in [0, 0.05) is 0 Å². The molecular weight excluding hydrogens is 172 g/mol. The van der Waals surface area contributed by atoms with E-state index in [2.05, 4.69) is 0 Å². The molecule has 0 bridgehead atoms. The predicted octanol–water partition coefficient (Wildman–Crippen LogP) is 0.0982. The fourth-order valence-electron chi connectivity index (χ4n) is 0.932. The first-order valence-corrected chi connectivity index (χ1v) is 4.37. The van der Waals surface area contributed by atoms with E-state index in [1.165, 1.54) is 0 Å². The van der Waals surface area contributed by atoms with E-state index in [0.29, 0.717) is 6.42 Å². The summed E-state index contributed by atoms with van der Waals surface area (Å²) in [4.78, 5) is 21.6. The highest BCUT2D eigenvalue weighted by Gasteiger charge is 2.17. The van der Waals surface area contributed by atoms with Crippen molar-refractivity contribution in [3.05, 3.63) is 0 Å². The molecule has 76 valence electrons. The summed E-state index contributed by atoms with van der Waals surface area (Å²) >= 11 is 0. The Labute approximate surface area is 77.6 Å². The van der Waals surface area contributed by atoms with Crippen molar-refractivity contribution in [3.63, 3.8) is 0 Å². The van der Waals surface area contributed by atoms with Crippen LogP contribution in [0.4, 0.5) is 0 Å². The van der Waals surface area contributed by atoms with Crippen LogP contribution in [0.1, 0.15) is 33.1 Å². The van der Waals surface area contributed by atoms with Crippen LogP contribution in [0, 0.1) is 0 Å². The monoisotopic (exact) mass is 188 g/mol. The summed E-state index contributed by atoms with van der Waals surface area (Å²) in [6.45, 7) is 3.88. The molecule has 5 heteroatoms. The smallest absolute Gasteiger partial charge is 0.398 e. The number of amides is 1. The van der Waals surface area contributed by atoms with Crippen molar-refractivity contribution in [2.45, 2.75) is 39.2 Å². The number of hydrogen-bond acceptors (Lipinski definition) is 4. The Morgan fingerprint density at radius 1 is 1.46 bits per heavy atom. The molecule has 3 N–H and O–H groups in total. The molecule has 0 radical (unpaired) electrons. The van der Waals surface area contributed by atoms with Crippen LogP contribution in [-0.4, -0.2) is 18.0 Å². The van der Waals surface area contributed by atoms with Crippen molar-refractivity contribution in [3.8, 4) is 0 Å². The molecule has 0 aliphatic rings. The summed E-state index contributed by atoms with van der Waals surface area (Å²) in [5.41, 5.74) is 1.72. The fraction of sp³-hybridized carbons (Fsp3) is 0.750. The van der Waals surface area contributed by atoms with E-state index in [-0.39, 0.29) is 6.10 Å². The standard InChI is InChI=1S/C8H16N2O3/c1-3-5-6(4-2)13-8(12)7(11)10-9/h6H,3-5,9H2,1-2H3,(H,10,11). The van der Waals surface area contributed by atoms with Gasteiger partial charge in [0.2, 0.25) is 0 Å². The van der Waals surface area contributed by atoms with Gasteiger partial charge in [-0.25, -0.2) is 10.6 Å². The zero-order valence-electron chi connectivity index (χ0n) is 8.00. The lowest BCUT2D eigenvalue weighted by molar-refractivity contribution is -0.159. The van der Waals surface area contributed by atoms with Crippen molar-refractivity contribution < 1.29 is 14.3 Å². The second kappa shape index (κ2) is 6.42. The zero-order chi connectivity index (χ0) is 10.3. The molecule has 0 saturated carbocycles. The Morgan fingerprint density at radius 2 is 2.08 bits per heavy atom. The summed E-state index contributed by atoms with van der Waals surface area (Å²) < 4.78 is 4.86. The van der Waals surface area contributed by atoms with Crippen molar-refractivity contribution in [1.29, 1.82) is 0 Å². The van der Waals surface area contributed by atoms with E-state index >= 15 is 0 Å². The van der Waals surface area contributed by atoms with Crippen molar-refractivity contribution in [1.82, 2.24) is 5.43 Å². The molecule has 0 aromatic heterocycles. The van der Waals surface area contributed by atoms with E-state index in [1.54, 1.807) is 5.43 Å². The van der Waals surface area contributed by atoms with Crippen LogP contribution in [0.15, 0.2) is 0 Å². The SMILES string of the molecule is CCCC(CC)OC(=O)C(=O)NN. The molecule has 13 heavy (non-hydrogen) atoms. The molecule has 0 aromatic carbocycles. The fourth-order valence-corrected chi connectivity index (χ4v) is 0.932. The van der Waals surface area contributed by atoms with E-state index in [1.807, 2.05) is 13.8 Å². The number of esters is 1. The Bertz CT molecular complexity index is 182. The highest BCUT2D eigenvalue weighted by atomic mass is 16.5. The minimum absolute atomic E-state index is 0.185. The number of hydrazine groups is 1. The summed E-state index contributed by atoms with van der Waals surface area (Å²) in [7, 11) is 0. The molecule has 0 saturated heterocycles. The van der Waals surface area contributed by atoms with Gasteiger partial charge in [0.25, 0.3) is 0 Å². The van der Waals surface area contributed by atoms with Crippen molar-refractivity contribution in [2.24, 2.45) is 5.84 Å². The molecule has 0 fully saturated rings. The molecule has 0 spiro atoms. The second-order valence-corrected chi connectivity index (χ2v) is 2.70.